The van der Waals surface area contributed by atoms with Gasteiger partial charge in [0, 0.05) is 12.2 Å². The summed E-state index contributed by atoms with van der Waals surface area (Å²) in [5.74, 6) is 0.280. The normalized spacial score (nSPS) is 10.2. The summed E-state index contributed by atoms with van der Waals surface area (Å²) in [6.07, 6.45) is 0.785. The van der Waals surface area contributed by atoms with Gasteiger partial charge in [-0.25, -0.2) is 0 Å². The van der Waals surface area contributed by atoms with E-state index in [1.54, 1.807) is 18.2 Å². The Labute approximate surface area is 124 Å². The van der Waals surface area contributed by atoms with Gasteiger partial charge in [-0.2, -0.15) is 0 Å². The zero-order chi connectivity index (χ0) is 15.2. The smallest absolute Gasteiger partial charge is 0.257 e. The largest absolute Gasteiger partial charge is 0.496 e. The molecule has 0 saturated heterocycles. The standard InChI is InChI=1S/C17H20N2O2/c1-12-6-3-4-7-13(12)10-11-19-17(20)16-14(18)8-5-9-15(16)21-2/h3-9H,10-11,18H2,1-2H3,(H,19,20). The molecule has 4 nitrogen and oxygen atoms in total. The van der Waals surface area contributed by atoms with Gasteiger partial charge < -0.3 is 15.8 Å². The minimum Gasteiger partial charge on any atom is -0.496 e. The lowest BCUT2D eigenvalue weighted by atomic mass is 10.1. The van der Waals surface area contributed by atoms with E-state index >= 15 is 0 Å². The number of carbonyl (C=O) groups excluding carboxylic acids is 1. The summed E-state index contributed by atoms with van der Waals surface area (Å²) in [7, 11) is 1.53. The lowest BCUT2D eigenvalue weighted by molar-refractivity contribution is 0.0952. The molecule has 0 radical (unpaired) electrons. The number of hydrogen-bond acceptors (Lipinski definition) is 3. The number of rotatable bonds is 5. The highest BCUT2D eigenvalue weighted by Crippen LogP contribution is 2.23. The Balaban J connectivity index is 2.01. The second kappa shape index (κ2) is 6.79. The summed E-state index contributed by atoms with van der Waals surface area (Å²) >= 11 is 0. The number of aryl methyl sites for hydroxylation is 1. The molecule has 2 aromatic rings. The number of carbonyl (C=O) groups is 1. The van der Waals surface area contributed by atoms with Crippen molar-refractivity contribution in [3.05, 3.63) is 59.2 Å². The molecule has 0 aliphatic rings. The van der Waals surface area contributed by atoms with Gasteiger partial charge >= 0.3 is 0 Å². The first-order valence-corrected chi connectivity index (χ1v) is 6.88. The van der Waals surface area contributed by atoms with Crippen molar-refractivity contribution >= 4 is 11.6 Å². The van der Waals surface area contributed by atoms with E-state index in [0.717, 1.165) is 6.42 Å². The first-order chi connectivity index (χ1) is 10.1. The van der Waals surface area contributed by atoms with Gasteiger partial charge in [0.2, 0.25) is 0 Å². The molecule has 0 aromatic heterocycles. The molecule has 4 heteroatoms. The summed E-state index contributed by atoms with van der Waals surface area (Å²) in [6, 6.07) is 13.3. The Kier molecular flexibility index (Phi) is 4.82. The van der Waals surface area contributed by atoms with Crippen LogP contribution in [0.3, 0.4) is 0 Å². The summed E-state index contributed by atoms with van der Waals surface area (Å²) in [5, 5.41) is 2.89. The number of nitrogen functional groups attached to an aromatic ring is 1. The van der Waals surface area contributed by atoms with E-state index in [0.29, 0.717) is 23.5 Å². The van der Waals surface area contributed by atoms with Gasteiger partial charge in [0.1, 0.15) is 11.3 Å². The first-order valence-electron chi connectivity index (χ1n) is 6.88. The van der Waals surface area contributed by atoms with Crippen LogP contribution in [0.25, 0.3) is 0 Å². The molecular formula is C17H20N2O2. The molecule has 0 spiro atoms. The van der Waals surface area contributed by atoms with E-state index in [9.17, 15) is 4.79 Å². The molecule has 0 fully saturated rings. The van der Waals surface area contributed by atoms with Crippen molar-refractivity contribution in [3.63, 3.8) is 0 Å². The zero-order valence-electron chi connectivity index (χ0n) is 12.3. The number of benzene rings is 2. The summed E-state index contributed by atoms with van der Waals surface area (Å²) in [4.78, 5) is 12.2. The van der Waals surface area contributed by atoms with Gasteiger partial charge in [-0.05, 0) is 36.6 Å². The van der Waals surface area contributed by atoms with Crippen LogP contribution in [-0.4, -0.2) is 19.6 Å². The number of anilines is 1. The van der Waals surface area contributed by atoms with Crippen LogP contribution in [0.4, 0.5) is 5.69 Å². The van der Waals surface area contributed by atoms with E-state index in [2.05, 4.69) is 24.4 Å². The second-order valence-corrected chi connectivity index (χ2v) is 4.86. The Morgan fingerprint density at radius 2 is 1.95 bits per heavy atom. The van der Waals surface area contributed by atoms with Gasteiger partial charge in [-0.1, -0.05) is 30.3 Å². The van der Waals surface area contributed by atoms with E-state index in [1.807, 2.05) is 12.1 Å². The van der Waals surface area contributed by atoms with Crippen molar-refractivity contribution in [2.45, 2.75) is 13.3 Å². The Morgan fingerprint density at radius 1 is 1.19 bits per heavy atom. The van der Waals surface area contributed by atoms with Gasteiger partial charge in [0.25, 0.3) is 5.91 Å². The predicted octanol–water partition coefficient (Wildman–Crippen LogP) is 2.56. The van der Waals surface area contributed by atoms with Crippen LogP contribution in [0.5, 0.6) is 5.75 Å². The molecule has 0 heterocycles. The lowest BCUT2D eigenvalue weighted by Gasteiger charge is -2.12. The van der Waals surface area contributed by atoms with Crippen molar-refractivity contribution < 1.29 is 9.53 Å². The number of ether oxygens (including phenoxy) is 1. The average Bonchev–Trinajstić information content (AvgIpc) is 2.48. The zero-order valence-corrected chi connectivity index (χ0v) is 12.3. The molecule has 0 atom stereocenters. The minimum atomic E-state index is -0.210. The molecule has 0 bridgehead atoms. The number of methoxy groups -OCH3 is 1. The van der Waals surface area contributed by atoms with Gasteiger partial charge in [0.05, 0.1) is 7.11 Å². The first kappa shape index (κ1) is 14.9. The topological polar surface area (TPSA) is 64.3 Å². The van der Waals surface area contributed by atoms with Gasteiger partial charge in [0.15, 0.2) is 0 Å². The third-order valence-corrected chi connectivity index (χ3v) is 3.45. The molecule has 0 unspecified atom stereocenters. The molecule has 21 heavy (non-hydrogen) atoms. The third-order valence-electron chi connectivity index (χ3n) is 3.45. The Morgan fingerprint density at radius 3 is 2.67 bits per heavy atom. The second-order valence-electron chi connectivity index (χ2n) is 4.86. The Bertz CT molecular complexity index is 638. The lowest BCUT2D eigenvalue weighted by Crippen LogP contribution is -2.27. The van der Waals surface area contributed by atoms with Crippen molar-refractivity contribution in [1.82, 2.24) is 5.32 Å². The highest BCUT2D eigenvalue weighted by Gasteiger charge is 2.15. The van der Waals surface area contributed by atoms with Crippen LogP contribution >= 0.6 is 0 Å². The molecule has 0 aliphatic heterocycles. The van der Waals surface area contributed by atoms with Crippen molar-refractivity contribution in [2.75, 3.05) is 19.4 Å². The minimum absolute atomic E-state index is 0.210. The van der Waals surface area contributed by atoms with E-state index < -0.39 is 0 Å². The van der Waals surface area contributed by atoms with Crippen molar-refractivity contribution in [3.8, 4) is 5.75 Å². The fourth-order valence-corrected chi connectivity index (χ4v) is 2.25. The van der Waals surface area contributed by atoms with Crippen LogP contribution < -0.4 is 15.8 Å². The number of nitrogens with two attached hydrogens (primary N) is 1. The monoisotopic (exact) mass is 284 g/mol. The molecule has 2 aromatic carbocycles. The van der Waals surface area contributed by atoms with Crippen LogP contribution in [0.2, 0.25) is 0 Å². The fourth-order valence-electron chi connectivity index (χ4n) is 2.25. The molecule has 1 amide bonds. The van der Waals surface area contributed by atoms with E-state index in [4.69, 9.17) is 10.5 Å². The van der Waals surface area contributed by atoms with Crippen LogP contribution in [0.1, 0.15) is 21.5 Å². The molecule has 0 aliphatic carbocycles. The fraction of sp³-hybridized carbons (Fsp3) is 0.235. The highest BCUT2D eigenvalue weighted by atomic mass is 16.5. The van der Waals surface area contributed by atoms with Crippen molar-refractivity contribution in [2.24, 2.45) is 0 Å². The average molecular weight is 284 g/mol. The van der Waals surface area contributed by atoms with Crippen LogP contribution in [0, 0.1) is 6.92 Å². The van der Waals surface area contributed by atoms with E-state index in [-0.39, 0.29) is 5.91 Å². The number of amides is 1. The quantitative estimate of drug-likeness (QED) is 0.829. The maximum atomic E-state index is 12.2. The molecule has 3 N–H and O–H groups in total. The summed E-state index contributed by atoms with van der Waals surface area (Å²) in [6.45, 7) is 2.62. The predicted molar refractivity (Wildman–Crippen MR) is 84.6 cm³/mol. The third kappa shape index (κ3) is 3.54. The SMILES string of the molecule is COc1cccc(N)c1C(=O)NCCc1ccccc1C. The maximum Gasteiger partial charge on any atom is 0.257 e. The molecular weight excluding hydrogens is 264 g/mol. The maximum absolute atomic E-state index is 12.2. The van der Waals surface area contributed by atoms with Crippen molar-refractivity contribution in [1.29, 1.82) is 0 Å². The number of hydrogen-bond donors (Lipinski definition) is 2. The van der Waals surface area contributed by atoms with Gasteiger partial charge in [-0.15, -0.1) is 0 Å². The number of nitrogens with one attached hydrogen (secondary N) is 1. The molecule has 0 saturated carbocycles. The van der Waals surface area contributed by atoms with Crippen LogP contribution in [-0.2, 0) is 6.42 Å². The summed E-state index contributed by atoms with van der Waals surface area (Å²) in [5.41, 5.74) is 9.13. The van der Waals surface area contributed by atoms with Gasteiger partial charge in [-0.3, -0.25) is 4.79 Å². The summed E-state index contributed by atoms with van der Waals surface area (Å²) < 4.78 is 5.19. The molecule has 110 valence electrons. The Hall–Kier alpha value is -2.49. The highest BCUT2D eigenvalue weighted by molar-refractivity contribution is 6.01. The van der Waals surface area contributed by atoms with Crippen LogP contribution in [0.15, 0.2) is 42.5 Å². The molecule has 2 rings (SSSR count). The van der Waals surface area contributed by atoms with E-state index in [1.165, 1.54) is 18.2 Å².